The molecule has 1 aliphatic rings. The van der Waals surface area contributed by atoms with Gasteiger partial charge in [0.25, 0.3) is 0 Å². The maximum atomic E-state index is 11.9. The Hall–Kier alpha value is -1.40. The number of sulfonamides is 1. The molecule has 0 unspecified atom stereocenters. The molecule has 1 fully saturated rings. The van der Waals surface area contributed by atoms with Gasteiger partial charge in [-0.2, -0.15) is 0 Å². The molecule has 1 saturated heterocycles. The number of amides is 1. The van der Waals surface area contributed by atoms with Crippen LogP contribution in [-0.4, -0.2) is 32.8 Å². The van der Waals surface area contributed by atoms with Crippen LogP contribution in [0.4, 0.5) is 0 Å². The van der Waals surface area contributed by atoms with Crippen LogP contribution >= 0.6 is 0 Å². The van der Waals surface area contributed by atoms with E-state index in [1.165, 1.54) is 0 Å². The van der Waals surface area contributed by atoms with Crippen molar-refractivity contribution >= 4 is 15.9 Å². The lowest BCUT2D eigenvalue weighted by atomic mass is 10.1. The SMILES string of the molecule is O=C(CCc1ccccc1)NS(=O)(=O)C[C@H]1CCCCO1. The summed E-state index contributed by atoms with van der Waals surface area (Å²) in [7, 11) is -3.61. The van der Waals surface area contributed by atoms with Gasteiger partial charge in [0.05, 0.1) is 11.9 Å². The number of carbonyl (C=O) groups is 1. The average molecular weight is 311 g/mol. The first kappa shape index (κ1) is 16.0. The summed E-state index contributed by atoms with van der Waals surface area (Å²) >= 11 is 0. The second-order valence-corrected chi connectivity index (χ2v) is 7.05. The molecule has 0 radical (unpaired) electrons. The van der Waals surface area contributed by atoms with Crippen LogP contribution in [0.5, 0.6) is 0 Å². The number of hydrogen-bond donors (Lipinski definition) is 1. The molecule has 1 atom stereocenters. The van der Waals surface area contributed by atoms with E-state index in [1.807, 2.05) is 30.3 Å². The molecular formula is C15H21NO4S. The topological polar surface area (TPSA) is 72.5 Å². The minimum atomic E-state index is -3.61. The number of benzene rings is 1. The molecule has 1 aliphatic heterocycles. The van der Waals surface area contributed by atoms with Gasteiger partial charge in [0, 0.05) is 13.0 Å². The third-order valence-electron chi connectivity index (χ3n) is 3.43. The van der Waals surface area contributed by atoms with Crippen LogP contribution in [-0.2, 0) is 26.0 Å². The Morgan fingerprint density at radius 2 is 2.00 bits per heavy atom. The zero-order valence-electron chi connectivity index (χ0n) is 12.0. The van der Waals surface area contributed by atoms with Crippen LogP contribution in [0.1, 0.15) is 31.2 Å². The monoisotopic (exact) mass is 311 g/mol. The van der Waals surface area contributed by atoms with Crippen molar-refractivity contribution in [3.63, 3.8) is 0 Å². The number of rotatable bonds is 6. The summed E-state index contributed by atoms with van der Waals surface area (Å²) in [6, 6.07) is 9.52. The summed E-state index contributed by atoms with van der Waals surface area (Å²) in [6.07, 6.45) is 3.08. The smallest absolute Gasteiger partial charge is 0.237 e. The molecule has 21 heavy (non-hydrogen) atoms. The number of aryl methyl sites for hydroxylation is 1. The van der Waals surface area contributed by atoms with E-state index in [9.17, 15) is 13.2 Å². The van der Waals surface area contributed by atoms with E-state index in [-0.39, 0.29) is 18.3 Å². The van der Waals surface area contributed by atoms with E-state index in [0.717, 1.165) is 24.8 Å². The van der Waals surface area contributed by atoms with Gasteiger partial charge in [-0.3, -0.25) is 9.52 Å². The Bertz CT molecular complexity index is 550. The minimum absolute atomic E-state index is 0.135. The number of carbonyl (C=O) groups excluding carboxylic acids is 1. The van der Waals surface area contributed by atoms with Crippen molar-refractivity contribution < 1.29 is 17.9 Å². The van der Waals surface area contributed by atoms with Crippen LogP contribution in [0.3, 0.4) is 0 Å². The molecule has 1 aromatic carbocycles. The molecule has 5 nitrogen and oxygen atoms in total. The quantitative estimate of drug-likeness (QED) is 0.867. The Labute approximate surface area is 125 Å². The van der Waals surface area contributed by atoms with E-state index in [2.05, 4.69) is 4.72 Å². The lowest BCUT2D eigenvalue weighted by Gasteiger charge is -2.22. The molecule has 2 rings (SSSR count). The van der Waals surface area contributed by atoms with Crippen molar-refractivity contribution in [2.45, 2.75) is 38.2 Å². The van der Waals surface area contributed by atoms with Crippen LogP contribution in [0.2, 0.25) is 0 Å². The molecule has 1 heterocycles. The molecule has 0 spiro atoms. The largest absolute Gasteiger partial charge is 0.377 e. The highest BCUT2D eigenvalue weighted by Crippen LogP contribution is 2.14. The third kappa shape index (κ3) is 5.85. The van der Waals surface area contributed by atoms with Gasteiger partial charge in [0.2, 0.25) is 15.9 Å². The predicted octanol–water partition coefficient (Wildman–Crippen LogP) is 1.63. The summed E-state index contributed by atoms with van der Waals surface area (Å²) in [5.74, 6) is -0.598. The van der Waals surface area contributed by atoms with Gasteiger partial charge in [-0.1, -0.05) is 30.3 Å². The van der Waals surface area contributed by atoms with E-state index in [4.69, 9.17) is 4.74 Å². The van der Waals surface area contributed by atoms with E-state index in [0.29, 0.717) is 13.0 Å². The highest BCUT2D eigenvalue weighted by Gasteiger charge is 2.23. The Balaban J connectivity index is 1.77. The second-order valence-electron chi connectivity index (χ2n) is 5.28. The zero-order valence-corrected chi connectivity index (χ0v) is 12.8. The molecule has 1 N–H and O–H groups in total. The van der Waals surface area contributed by atoms with Gasteiger partial charge in [0.1, 0.15) is 0 Å². The minimum Gasteiger partial charge on any atom is -0.377 e. The lowest BCUT2D eigenvalue weighted by Crippen LogP contribution is -2.38. The highest BCUT2D eigenvalue weighted by molar-refractivity contribution is 7.90. The molecule has 1 aromatic rings. The summed E-state index contributed by atoms with van der Waals surface area (Å²) < 4.78 is 31.3. The van der Waals surface area contributed by atoms with E-state index < -0.39 is 15.9 Å². The van der Waals surface area contributed by atoms with Crippen molar-refractivity contribution in [1.29, 1.82) is 0 Å². The van der Waals surface area contributed by atoms with Crippen LogP contribution < -0.4 is 4.72 Å². The van der Waals surface area contributed by atoms with Crippen LogP contribution in [0, 0.1) is 0 Å². The lowest BCUT2D eigenvalue weighted by molar-refractivity contribution is -0.119. The fraction of sp³-hybridized carbons (Fsp3) is 0.533. The average Bonchev–Trinajstić information content (AvgIpc) is 2.46. The van der Waals surface area contributed by atoms with Gasteiger partial charge in [-0.15, -0.1) is 0 Å². The predicted molar refractivity (Wildman–Crippen MR) is 80.3 cm³/mol. The summed E-state index contributed by atoms with van der Waals surface area (Å²) in [5, 5.41) is 0. The van der Waals surface area contributed by atoms with Crippen LogP contribution in [0.25, 0.3) is 0 Å². The van der Waals surface area contributed by atoms with E-state index in [1.54, 1.807) is 0 Å². The first-order valence-electron chi connectivity index (χ1n) is 7.24. The van der Waals surface area contributed by atoms with Gasteiger partial charge < -0.3 is 4.74 Å². The molecule has 116 valence electrons. The first-order valence-corrected chi connectivity index (χ1v) is 8.89. The number of hydrogen-bond acceptors (Lipinski definition) is 4. The van der Waals surface area contributed by atoms with Crippen molar-refractivity contribution in [3.05, 3.63) is 35.9 Å². The Morgan fingerprint density at radius 1 is 1.24 bits per heavy atom. The van der Waals surface area contributed by atoms with E-state index >= 15 is 0 Å². The molecule has 6 heteroatoms. The fourth-order valence-corrected chi connectivity index (χ4v) is 3.64. The van der Waals surface area contributed by atoms with Crippen molar-refractivity contribution in [3.8, 4) is 0 Å². The molecule has 0 aromatic heterocycles. The van der Waals surface area contributed by atoms with Gasteiger partial charge in [0.15, 0.2) is 0 Å². The maximum Gasteiger partial charge on any atom is 0.237 e. The van der Waals surface area contributed by atoms with Crippen molar-refractivity contribution in [2.75, 3.05) is 12.4 Å². The number of ether oxygens (including phenoxy) is 1. The highest BCUT2D eigenvalue weighted by atomic mass is 32.2. The van der Waals surface area contributed by atoms with Gasteiger partial charge in [-0.05, 0) is 31.2 Å². The zero-order chi connectivity index (χ0) is 15.1. The Morgan fingerprint density at radius 3 is 2.67 bits per heavy atom. The molecule has 0 saturated carbocycles. The molecular weight excluding hydrogens is 290 g/mol. The normalized spacial score (nSPS) is 19.1. The standard InChI is InChI=1S/C15H21NO4S/c17-15(10-9-13-6-2-1-3-7-13)16-21(18,19)12-14-8-4-5-11-20-14/h1-3,6-7,14H,4-5,8-12H2,(H,16,17)/t14-/m1/s1. The van der Waals surface area contributed by atoms with Crippen LogP contribution in [0.15, 0.2) is 30.3 Å². The van der Waals surface area contributed by atoms with Gasteiger partial charge in [-0.25, -0.2) is 8.42 Å². The molecule has 0 aliphatic carbocycles. The van der Waals surface area contributed by atoms with Crippen molar-refractivity contribution in [2.24, 2.45) is 0 Å². The first-order chi connectivity index (χ1) is 10.1. The maximum absolute atomic E-state index is 11.9. The number of nitrogens with one attached hydrogen (secondary N) is 1. The van der Waals surface area contributed by atoms with Crippen molar-refractivity contribution in [1.82, 2.24) is 4.72 Å². The molecule has 0 bridgehead atoms. The molecule has 1 amide bonds. The second kappa shape index (κ2) is 7.56. The van der Waals surface area contributed by atoms with Gasteiger partial charge >= 0.3 is 0 Å². The fourth-order valence-electron chi connectivity index (χ4n) is 2.35. The summed E-state index contributed by atoms with van der Waals surface area (Å²) in [4.78, 5) is 11.7. The summed E-state index contributed by atoms with van der Waals surface area (Å²) in [5.41, 5.74) is 1.01. The summed E-state index contributed by atoms with van der Waals surface area (Å²) in [6.45, 7) is 0.599. The Kier molecular flexibility index (Phi) is 5.76. The third-order valence-corrected chi connectivity index (χ3v) is 4.78.